The van der Waals surface area contributed by atoms with Crippen LogP contribution in [0.15, 0.2) is 71.7 Å². The van der Waals surface area contributed by atoms with Crippen molar-refractivity contribution in [2.75, 3.05) is 0 Å². The molecule has 0 fully saturated rings. The molecule has 0 unspecified atom stereocenters. The quantitative estimate of drug-likeness (QED) is 0.462. The molecule has 0 bridgehead atoms. The van der Waals surface area contributed by atoms with Crippen molar-refractivity contribution in [3.63, 3.8) is 0 Å². The highest BCUT2D eigenvalue weighted by atomic mass is 35.5. The summed E-state index contributed by atoms with van der Waals surface area (Å²) in [6.45, 7) is 2.43. The molecule has 3 aromatic carbocycles. The molecule has 3 rings (SSSR count). The van der Waals surface area contributed by atoms with E-state index in [9.17, 15) is 0 Å². The number of halogens is 2. The maximum absolute atomic E-state index is 6.33. The fraction of sp³-hybridized carbons (Fsp3) is 0.0952. The molecule has 25 heavy (non-hydrogen) atoms. The van der Waals surface area contributed by atoms with E-state index in [1.165, 1.54) is 0 Å². The smallest absolute Gasteiger partial charge is 0.138 e. The number of hydrogen-bond acceptors (Lipinski definition) is 2. The van der Waals surface area contributed by atoms with Crippen LogP contribution >= 0.6 is 23.2 Å². The molecule has 0 N–H and O–H groups in total. The Morgan fingerprint density at radius 2 is 1.72 bits per heavy atom. The Bertz CT molecular complexity index is 892. The maximum atomic E-state index is 6.33. The standard InChI is InChI=1S/C21H17Cl2NO/c1-15-18(22)8-5-9-20(15)24-13-17-10-11-21(19(23)12-17)25-14-16-6-3-2-4-7-16/h2-13H,14H2,1H3. The number of aliphatic imine (C=N–C) groups is 1. The van der Waals surface area contributed by atoms with Crippen LogP contribution in [0.25, 0.3) is 0 Å². The predicted molar refractivity (Wildman–Crippen MR) is 106 cm³/mol. The van der Waals surface area contributed by atoms with Crippen molar-refractivity contribution in [1.29, 1.82) is 0 Å². The van der Waals surface area contributed by atoms with Gasteiger partial charge in [-0.05, 0) is 53.9 Å². The largest absolute Gasteiger partial charge is 0.487 e. The van der Waals surface area contributed by atoms with Crippen molar-refractivity contribution >= 4 is 35.1 Å². The summed E-state index contributed by atoms with van der Waals surface area (Å²) in [5.41, 5.74) is 3.79. The number of benzene rings is 3. The summed E-state index contributed by atoms with van der Waals surface area (Å²) in [6.07, 6.45) is 1.77. The van der Waals surface area contributed by atoms with E-state index in [0.717, 1.165) is 22.4 Å². The number of rotatable bonds is 5. The van der Waals surface area contributed by atoms with Crippen molar-refractivity contribution in [2.24, 2.45) is 4.99 Å². The Morgan fingerprint density at radius 1 is 0.920 bits per heavy atom. The fourth-order valence-electron chi connectivity index (χ4n) is 2.33. The van der Waals surface area contributed by atoms with Gasteiger partial charge in [0.2, 0.25) is 0 Å². The van der Waals surface area contributed by atoms with Crippen LogP contribution in [0.1, 0.15) is 16.7 Å². The van der Waals surface area contributed by atoms with Crippen molar-refractivity contribution in [3.05, 3.63) is 93.5 Å². The second kappa shape index (κ2) is 8.19. The Labute approximate surface area is 157 Å². The van der Waals surface area contributed by atoms with Crippen LogP contribution in [0.4, 0.5) is 5.69 Å². The van der Waals surface area contributed by atoms with Gasteiger partial charge in [0.25, 0.3) is 0 Å². The van der Waals surface area contributed by atoms with E-state index in [1.807, 2.05) is 73.7 Å². The van der Waals surface area contributed by atoms with Gasteiger partial charge in [0.15, 0.2) is 0 Å². The van der Waals surface area contributed by atoms with Gasteiger partial charge in [0, 0.05) is 11.2 Å². The van der Waals surface area contributed by atoms with E-state index in [1.54, 1.807) is 6.21 Å². The monoisotopic (exact) mass is 369 g/mol. The zero-order chi connectivity index (χ0) is 17.6. The molecule has 3 aromatic rings. The van der Waals surface area contributed by atoms with Gasteiger partial charge < -0.3 is 4.74 Å². The lowest BCUT2D eigenvalue weighted by molar-refractivity contribution is 0.306. The minimum Gasteiger partial charge on any atom is -0.487 e. The Kier molecular flexibility index (Phi) is 5.75. The molecule has 0 aliphatic carbocycles. The minimum absolute atomic E-state index is 0.482. The van der Waals surface area contributed by atoms with E-state index < -0.39 is 0 Å². The summed E-state index contributed by atoms with van der Waals surface area (Å²) in [5, 5.41) is 1.26. The molecule has 0 aliphatic rings. The molecule has 0 heterocycles. The van der Waals surface area contributed by atoms with Crippen molar-refractivity contribution in [1.82, 2.24) is 0 Å². The normalized spacial score (nSPS) is 11.0. The van der Waals surface area contributed by atoms with Gasteiger partial charge in [-0.15, -0.1) is 0 Å². The summed E-state index contributed by atoms with van der Waals surface area (Å²) in [6, 6.07) is 21.3. The van der Waals surface area contributed by atoms with Gasteiger partial charge in [-0.1, -0.05) is 59.6 Å². The molecule has 0 saturated heterocycles. The van der Waals surface area contributed by atoms with Gasteiger partial charge in [-0.3, -0.25) is 4.99 Å². The lowest BCUT2D eigenvalue weighted by Crippen LogP contribution is -1.96. The van der Waals surface area contributed by atoms with E-state index >= 15 is 0 Å². The molecular formula is C21H17Cl2NO. The highest BCUT2D eigenvalue weighted by Gasteiger charge is 2.04. The Balaban J connectivity index is 1.71. The highest BCUT2D eigenvalue weighted by Crippen LogP contribution is 2.27. The third-order valence-corrected chi connectivity index (χ3v) is 4.49. The molecule has 0 radical (unpaired) electrons. The molecule has 2 nitrogen and oxygen atoms in total. The Hall–Kier alpha value is -2.29. The fourth-order valence-corrected chi connectivity index (χ4v) is 2.74. The number of ether oxygens (including phenoxy) is 1. The topological polar surface area (TPSA) is 21.6 Å². The van der Waals surface area contributed by atoms with Gasteiger partial charge in [-0.25, -0.2) is 0 Å². The first-order valence-electron chi connectivity index (χ1n) is 7.89. The van der Waals surface area contributed by atoms with E-state index in [4.69, 9.17) is 27.9 Å². The molecule has 0 atom stereocenters. The first-order chi connectivity index (χ1) is 12.1. The van der Waals surface area contributed by atoms with Crippen LogP contribution < -0.4 is 4.74 Å². The highest BCUT2D eigenvalue weighted by molar-refractivity contribution is 6.32. The summed E-state index contributed by atoms with van der Waals surface area (Å²) < 4.78 is 5.78. The predicted octanol–water partition coefficient (Wildman–Crippen LogP) is 6.63. The van der Waals surface area contributed by atoms with Gasteiger partial charge >= 0.3 is 0 Å². The summed E-state index contributed by atoms with van der Waals surface area (Å²) in [5.74, 6) is 0.654. The number of hydrogen-bond donors (Lipinski definition) is 0. The molecular weight excluding hydrogens is 353 g/mol. The average molecular weight is 370 g/mol. The molecule has 0 aromatic heterocycles. The molecule has 0 aliphatic heterocycles. The first kappa shape index (κ1) is 17.5. The second-order valence-corrected chi connectivity index (χ2v) is 6.42. The molecule has 0 spiro atoms. The average Bonchev–Trinajstić information content (AvgIpc) is 2.63. The van der Waals surface area contributed by atoms with E-state index in [2.05, 4.69) is 4.99 Å². The van der Waals surface area contributed by atoms with Crippen LogP contribution in [-0.4, -0.2) is 6.21 Å². The minimum atomic E-state index is 0.482. The van der Waals surface area contributed by atoms with Gasteiger partial charge in [0.1, 0.15) is 12.4 Å². The zero-order valence-electron chi connectivity index (χ0n) is 13.7. The summed E-state index contributed by atoms with van der Waals surface area (Å²) in [7, 11) is 0. The van der Waals surface area contributed by atoms with Gasteiger partial charge in [-0.2, -0.15) is 0 Å². The molecule has 0 saturated carbocycles. The first-order valence-corrected chi connectivity index (χ1v) is 8.64. The Morgan fingerprint density at radius 3 is 2.48 bits per heavy atom. The lowest BCUT2D eigenvalue weighted by Gasteiger charge is -2.08. The molecule has 0 amide bonds. The third kappa shape index (κ3) is 4.62. The lowest BCUT2D eigenvalue weighted by atomic mass is 10.2. The second-order valence-electron chi connectivity index (χ2n) is 5.61. The van der Waals surface area contributed by atoms with E-state index in [0.29, 0.717) is 22.4 Å². The molecule has 4 heteroatoms. The number of nitrogens with zero attached hydrogens (tertiary/aromatic N) is 1. The van der Waals surface area contributed by atoms with Crippen molar-refractivity contribution in [3.8, 4) is 5.75 Å². The van der Waals surface area contributed by atoms with Crippen molar-refractivity contribution < 1.29 is 4.74 Å². The van der Waals surface area contributed by atoms with Crippen LogP contribution in [-0.2, 0) is 6.61 Å². The van der Waals surface area contributed by atoms with Gasteiger partial charge in [0.05, 0.1) is 10.7 Å². The third-order valence-electron chi connectivity index (χ3n) is 3.78. The SMILES string of the molecule is Cc1c(Cl)cccc1N=Cc1ccc(OCc2ccccc2)c(Cl)c1. The van der Waals surface area contributed by atoms with Crippen LogP contribution in [0, 0.1) is 6.92 Å². The van der Waals surface area contributed by atoms with E-state index in [-0.39, 0.29) is 0 Å². The van der Waals surface area contributed by atoms with Crippen LogP contribution in [0.5, 0.6) is 5.75 Å². The van der Waals surface area contributed by atoms with Crippen LogP contribution in [0.3, 0.4) is 0 Å². The summed E-state index contributed by atoms with van der Waals surface area (Å²) in [4.78, 5) is 4.49. The van der Waals surface area contributed by atoms with Crippen molar-refractivity contribution in [2.45, 2.75) is 13.5 Å². The van der Waals surface area contributed by atoms with Crippen LogP contribution in [0.2, 0.25) is 10.0 Å². The zero-order valence-corrected chi connectivity index (χ0v) is 15.3. The maximum Gasteiger partial charge on any atom is 0.138 e. The molecule has 126 valence electrons. The summed E-state index contributed by atoms with van der Waals surface area (Å²) >= 11 is 12.4.